The van der Waals surface area contributed by atoms with E-state index in [4.69, 9.17) is 9.84 Å². The Labute approximate surface area is 166 Å². The molecule has 27 heavy (non-hydrogen) atoms. The molecule has 160 valence electrons. The van der Waals surface area contributed by atoms with Crippen LogP contribution in [0.1, 0.15) is 85.5 Å². The molecule has 2 fully saturated rings. The zero-order valence-electron chi connectivity index (χ0n) is 18.3. The first-order chi connectivity index (χ1) is 13.1. The normalized spacial score (nSPS) is 18.3. The van der Waals surface area contributed by atoms with E-state index in [1.165, 1.54) is 32.1 Å². The van der Waals surface area contributed by atoms with Crippen LogP contribution in [-0.2, 0) is 14.3 Å². The Bertz CT molecular complexity index is 384. The number of hydrogen-bond acceptors (Lipinski definition) is 4. The van der Waals surface area contributed by atoms with Gasteiger partial charge in [0.15, 0.2) is 0 Å². The number of aliphatic hydroxyl groups excluding tert-OH is 1. The third-order valence-electron chi connectivity index (χ3n) is 5.26. The Kier molecular flexibility index (Phi) is 15.5. The highest BCUT2D eigenvalue weighted by Gasteiger charge is 2.28. The van der Waals surface area contributed by atoms with E-state index in [9.17, 15) is 9.59 Å². The average molecular weight is 386 g/mol. The second kappa shape index (κ2) is 16.1. The number of aliphatic hydroxyl groups is 1. The lowest BCUT2D eigenvalue weighted by Gasteiger charge is -2.32. The summed E-state index contributed by atoms with van der Waals surface area (Å²) in [6.45, 7) is 10.1. The Hall–Kier alpha value is -0.940. The van der Waals surface area contributed by atoms with Crippen LogP contribution in [0, 0.1) is 11.8 Å². The largest absolute Gasteiger partial charge is 0.400 e. The summed E-state index contributed by atoms with van der Waals surface area (Å²) < 4.78 is 5.88. The molecule has 0 atom stereocenters. The van der Waals surface area contributed by atoms with Crippen molar-refractivity contribution in [3.8, 4) is 0 Å². The van der Waals surface area contributed by atoms with Gasteiger partial charge in [0.1, 0.15) is 5.78 Å². The predicted molar refractivity (Wildman–Crippen MR) is 111 cm³/mol. The maximum atomic E-state index is 12.2. The minimum absolute atomic E-state index is 0.110. The Balaban J connectivity index is 0.00000158. The lowest BCUT2D eigenvalue weighted by molar-refractivity contribution is -0.136. The molecule has 1 saturated heterocycles. The summed E-state index contributed by atoms with van der Waals surface area (Å²) in [6.07, 6.45) is 9.78. The number of hydrogen-bond donors (Lipinski definition) is 1. The van der Waals surface area contributed by atoms with E-state index in [-0.39, 0.29) is 17.7 Å². The lowest BCUT2D eigenvalue weighted by Crippen LogP contribution is -2.41. The number of amides is 1. The van der Waals surface area contributed by atoms with Crippen LogP contribution in [0.4, 0.5) is 0 Å². The minimum Gasteiger partial charge on any atom is -0.400 e. The van der Waals surface area contributed by atoms with Crippen molar-refractivity contribution in [2.75, 3.05) is 26.8 Å². The molecule has 1 aliphatic carbocycles. The van der Waals surface area contributed by atoms with Gasteiger partial charge in [-0.1, -0.05) is 47.0 Å². The molecule has 5 nitrogen and oxygen atoms in total. The van der Waals surface area contributed by atoms with Gasteiger partial charge in [-0.25, -0.2) is 0 Å². The molecule has 5 heteroatoms. The zero-order chi connectivity index (χ0) is 20.7. The van der Waals surface area contributed by atoms with Gasteiger partial charge in [-0.2, -0.15) is 0 Å². The van der Waals surface area contributed by atoms with Crippen LogP contribution in [-0.4, -0.2) is 54.6 Å². The van der Waals surface area contributed by atoms with E-state index in [0.29, 0.717) is 24.9 Å². The fraction of sp³-hybridized carbons (Fsp3) is 0.909. The molecule has 1 saturated carbocycles. The van der Waals surface area contributed by atoms with Crippen LogP contribution in [0.15, 0.2) is 0 Å². The summed E-state index contributed by atoms with van der Waals surface area (Å²) >= 11 is 0. The molecule has 0 bridgehead atoms. The molecule has 2 rings (SSSR count). The first-order valence-electron chi connectivity index (χ1n) is 11.0. The van der Waals surface area contributed by atoms with Gasteiger partial charge < -0.3 is 14.7 Å². The highest BCUT2D eigenvalue weighted by molar-refractivity contribution is 5.83. The number of ketones is 1. The summed E-state index contributed by atoms with van der Waals surface area (Å²) in [5.74, 6) is 0.860. The number of nitrogens with zero attached hydrogens (tertiary/aromatic N) is 1. The Morgan fingerprint density at radius 2 is 1.56 bits per heavy atom. The second-order valence-corrected chi connectivity index (χ2v) is 7.45. The van der Waals surface area contributed by atoms with Crippen molar-refractivity contribution >= 4 is 11.7 Å². The number of ether oxygens (including phenoxy) is 1. The quantitative estimate of drug-likeness (QED) is 0.667. The van der Waals surface area contributed by atoms with Gasteiger partial charge in [0.05, 0.1) is 6.10 Å². The molecular formula is C22H43NO4. The third kappa shape index (κ3) is 10.2. The van der Waals surface area contributed by atoms with Crippen molar-refractivity contribution in [2.45, 2.75) is 91.6 Å². The van der Waals surface area contributed by atoms with E-state index < -0.39 is 0 Å². The van der Waals surface area contributed by atoms with Gasteiger partial charge in [0.25, 0.3) is 0 Å². The maximum Gasteiger partial charge on any atom is 0.222 e. The van der Waals surface area contributed by atoms with Gasteiger partial charge in [-0.3, -0.25) is 9.59 Å². The Morgan fingerprint density at radius 3 is 2.07 bits per heavy atom. The molecule has 0 radical (unpaired) electrons. The fourth-order valence-corrected chi connectivity index (χ4v) is 3.75. The topological polar surface area (TPSA) is 66.8 Å². The van der Waals surface area contributed by atoms with E-state index in [2.05, 4.69) is 0 Å². The summed E-state index contributed by atoms with van der Waals surface area (Å²) in [5, 5.41) is 7.00. The molecule has 0 aromatic rings. The van der Waals surface area contributed by atoms with Crippen molar-refractivity contribution in [1.29, 1.82) is 0 Å². The number of carbonyl (C=O) groups is 2. The summed E-state index contributed by atoms with van der Waals surface area (Å²) in [7, 11) is 1.00. The van der Waals surface area contributed by atoms with Crippen LogP contribution in [0.3, 0.4) is 0 Å². The standard InChI is InChI=1S/C19H33NO3.C2H6.CH4O/c1-15(2)19(22)16-10-12-20(13-11-16)18(21)9-6-14-23-17-7-4-3-5-8-17;2*1-2/h15-17H,3-14H2,1-2H3;1-2H3;2H,1H3. The van der Waals surface area contributed by atoms with Gasteiger partial charge in [0.2, 0.25) is 5.91 Å². The van der Waals surface area contributed by atoms with Crippen molar-refractivity contribution in [2.24, 2.45) is 11.8 Å². The predicted octanol–water partition coefficient (Wildman–Crippen LogP) is 4.21. The zero-order valence-corrected chi connectivity index (χ0v) is 18.3. The van der Waals surface area contributed by atoms with E-state index in [0.717, 1.165) is 39.5 Å². The number of piperidine rings is 1. The molecule has 0 aromatic carbocycles. The molecule has 2 aliphatic rings. The average Bonchev–Trinajstić information content (AvgIpc) is 2.74. The van der Waals surface area contributed by atoms with Crippen LogP contribution in [0.2, 0.25) is 0 Å². The minimum atomic E-state index is 0.110. The number of carbonyl (C=O) groups excluding carboxylic acids is 2. The highest BCUT2D eigenvalue weighted by Crippen LogP contribution is 2.22. The molecule has 0 aromatic heterocycles. The molecule has 1 N–H and O–H groups in total. The van der Waals surface area contributed by atoms with Crippen molar-refractivity contribution in [1.82, 2.24) is 4.90 Å². The molecule has 1 heterocycles. The Morgan fingerprint density at radius 1 is 1.00 bits per heavy atom. The smallest absolute Gasteiger partial charge is 0.222 e. The fourth-order valence-electron chi connectivity index (χ4n) is 3.75. The monoisotopic (exact) mass is 385 g/mol. The van der Waals surface area contributed by atoms with E-state index >= 15 is 0 Å². The first-order valence-corrected chi connectivity index (χ1v) is 11.0. The maximum absolute atomic E-state index is 12.2. The van der Waals surface area contributed by atoms with Crippen LogP contribution >= 0.6 is 0 Å². The highest BCUT2D eigenvalue weighted by atomic mass is 16.5. The van der Waals surface area contributed by atoms with Crippen molar-refractivity contribution in [3.05, 3.63) is 0 Å². The van der Waals surface area contributed by atoms with Gasteiger partial charge in [0, 0.05) is 45.1 Å². The second-order valence-electron chi connectivity index (χ2n) is 7.45. The summed E-state index contributed by atoms with van der Waals surface area (Å²) in [6, 6.07) is 0. The van der Waals surface area contributed by atoms with E-state index in [1.807, 2.05) is 32.6 Å². The number of likely N-dealkylation sites (tertiary alicyclic amines) is 1. The SMILES string of the molecule is CC.CC(C)C(=O)C1CCN(C(=O)CCCOC2CCCCC2)CC1.CO. The van der Waals surface area contributed by atoms with Gasteiger partial charge >= 0.3 is 0 Å². The summed E-state index contributed by atoms with van der Waals surface area (Å²) in [4.78, 5) is 26.2. The molecule has 1 amide bonds. The molecular weight excluding hydrogens is 342 g/mol. The van der Waals surface area contributed by atoms with Gasteiger partial charge in [-0.05, 0) is 32.1 Å². The van der Waals surface area contributed by atoms with Crippen LogP contribution in [0.25, 0.3) is 0 Å². The van der Waals surface area contributed by atoms with Crippen molar-refractivity contribution < 1.29 is 19.4 Å². The first kappa shape index (κ1) is 26.1. The lowest BCUT2D eigenvalue weighted by atomic mass is 9.87. The third-order valence-corrected chi connectivity index (χ3v) is 5.26. The number of rotatable bonds is 7. The number of Topliss-reactive ketones (excluding diaryl/α,β-unsaturated/α-hetero) is 1. The van der Waals surface area contributed by atoms with Crippen LogP contribution in [0.5, 0.6) is 0 Å². The molecule has 0 unspecified atom stereocenters. The van der Waals surface area contributed by atoms with E-state index in [1.54, 1.807) is 0 Å². The summed E-state index contributed by atoms with van der Waals surface area (Å²) in [5.41, 5.74) is 0. The van der Waals surface area contributed by atoms with Gasteiger partial charge in [-0.15, -0.1) is 0 Å². The van der Waals surface area contributed by atoms with Crippen LogP contribution < -0.4 is 0 Å². The molecule has 0 spiro atoms. The van der Waals surface area contributed by atoms with Crippen molar-refractivity contribution in [3.63, 3.8) is 0 Å². The molecule has 1 aliphatic heterocycles.